The smallest absolute Gasteiger partial charge is 0.281 e. The van der Waals surface area contributed by atoms with Crippen molar-refractivity contribution in [1.82, 2.24) is 19.7 Å². The zero-order chi connectivity index (χ0) is 26.1. The summed E-state index contributed by atoms with van der Waals surface area (Å²) in [7, 11) is -4.24. The number of amides is 1. The number of nitrogens with two attached hydrogens (primary N) is 1. The monoisotopic (exact) mass is 510 g/mol. The van der Waals surface area contributed by atoms with Gasteiger partial charge in [0, 0.05) is 29.9 Å². The number of nitrogens with zero attached hydrogens (tertiary/aromatic N) is 4. The number of nitrogens with one attached hydrogen (secondary N) is 1. The van der Waals surface area contributed by atoms with Crippen LogP contribution in [0.1, 0.15) is 50.9 Å². The molecule has 3 aromatic heterocycles. The van der Waals surface area contributed by atoms with Crippen molar-refractivity contribution in [1.29, 1.82) is 0 Å². The SMILES string of the molecule is CC(C)Oc1ccc(-c2ccc(C(=O)NS(=O)(=O)c3cccc(N)n3)c(N3CCCC3(C)C)n2)cn1. The Morgan fingerprint density at radius 3 is 2.53 bits per heavy atom. The zero-order valence-corrected chi connectivity index (χ0v) is 21.5. The first kappa shape index (κ1) is 25.4. The van der Waals surface area contributed by atoms with Crippen LogP contribution in [0.5, 0.6) is 5.88 Å². The lowest BCUT2D eigenvalue weighted by Crippen LogP contribution is -2.41. The number of carbonyl (C=O) groups is 1. The third-order valence-corrected chi connectivity index (χ3v) is 7.14. The topological polar surface area (TPSA) is 140 Å². The highest BCUT2D eigenvalue weighted by atomic mass is 32.2. The van der Waals surface area contributed by atoms with Crippen molar-refractivity contribution in [2.45, 2.75) is 57.2 Å². The number of hydrogen-bond acceptors (Lipinski definition) is 9. The number of carbonyl (C=O) groups excluding carboxylic acids is 1. The molecule has 0 aromatic carbocycles. The summed E-state index contributed by atoms with van der Waals surface area (Å²) in [5.41, 5.74) is 6.85. The average molecular weight is 511 g/mol. The van der Waals surface area contributed by atoms with E-state index >= 15 is 0 Å². The second-order valence-electron chi connectivity index (χ2n) is 9.52. The van der Waals surface area contributed by atoms with Crippen molar-refractivity contribution in [2.24, 2.45) is 0 Å². The van der Waals surface area contributed by atoms with Crippen LogP contribution in [-0.4, -0.2) is 47.5 Å². The van der Waals surface area contributed by atoms with Crippen LogP contribution in [0, 0.1) is 0 Å². The van der Waals surface area contributed by atoms with E-state index < -0.39 is 15.9 Å². The van der Waals surface area contributed by atoms with E-state index in [4.69, 9.17) is 15.5 Å². The van der Waals surface area contributed by atoms with Gasteiger partial charge in [0.15, 0.2) is 5.03 Å². The maximum atomic E-state index is 13.3. The number of hydrogen-bond donors (Lipinski definition) is 2. The van der Waals surface area contributed by atoms with Crippen molar-refractivity contribution in [2.75, 3.05) is 17.2 Å². The number of anilines is 2. The predicted molar refractivity (Wildman–Crippen MR) is 137 cm³/mol. The molecule has 3 N–H and O–H groups in total. The molecule has 1 fully saturated rings. The summed E-state index contributed by atoms with van der Waals surface area (Å²) in [6.07, 6.45) is 3.50. The maximum Gasteiger partial charge on any atom is 0.281 e. The Labute approximate surface area is 211 Å². The first-order valence-electron chi connectivity index (χ1n) is 11.7. The van der Waals surface area contributed by atoms with Gasteiger partial charge in [-0.2, -0.15) is 8.42 Å². The third-order valence-electron chi connectivity index (χ3n) is 5.91. The van der Waals surface area contributed by atoms with Gasteiger partial charge in [0.2, 0.25) is 5.88 Å². The van der Waals surface area contributed by atoms with E-state index in [-0.39, 0.29) is 28.1 Å². The fraction of sp³-hybridized carbons (Fsp3) is 0.360. The lowest BCUT2D eigenvalue weighted by Gasteiger charge is -2.34. The molecule has 11 heteroatoms. The third kappa shape index (κ3) is 5.40. The molecule has 1 aliphatic rings. The summed E-state index contributed by atoms with van der Waals surface area (Å²) >= 11 is 0. The van der Waals surface area contributed by atoms with Gasteiger partial charge in [-0.15, -0.1) is 0 Å². The van der Waals surface area contributed by atoms with Crippen molar-refractivity contribution in [3.05, 3.63) is 54.2 Å². The Bertz CT molecular complexity index is 1370. The second-order valence-corrected chi connectivity index (χ2v) is 11.2. The number of nitrogen functional groups attached to an aromatic ring is 1. The van der Waals surface area contributed by atoms with E-state index in [0.717, 1.165) is 18.4 Å². The molecule has 0 unspecified atom stereocenters. The molecule has 10 nitrogen and oxygen atoms in total. The lowest BCUT2D eigenvalue weighted by molar-refractivity contribution is 0.0981. The Morgan fingerprint density at radius 2 is 1.92 bits per heavy atom. The molecule has 4 rings (SSSR count). The van der Waals surface area contributed by atoms with Gasteiger partial charge in [-0.25, -0.2) is 19.7 Å². The molecule has 190 valence electrons. The van der Waals surface area contributed by atoms with Crippen LogP contribution in [0.2, 0.25) is 0 Å². The van der Waals surface area contributed by atoms with Crippen LogP contribution in [0.4, 0.5) is 11.6 Å². The molecule has 1 amide bonds. The van der Waals surface area contributed by atoms with Crippen LogP contribution < -0.4 is 20.1 Å². The van der Waals surface area contributed by atoms with Gasteiger partial charge in [0.1, 0.15) is 11.6 Å². The van der Waals surface area contributed by atoms with E-state index in [1.54, 1.807) is 24.4 Å². The standard InChI is InChI=1S/C25H30N6O4S/c1-16(2)35-21-12-9-17(15-27-21)19-11-10-18(23(28-19)31-14-6-13-25(31,3)4)24(32)30-36(33,34)22-8-5-7-20(26)29-22/h5,7-12,15-16H,6,13-14H2,1-4H3,(H2,26,29)(H,30,32). The number of ether oxygens (including phenoxy) is 1. The van der Waals surface area contributed by atoms with Gasteiger partial charge in [0.25, 0.3) is 15.9 Å². The van der Waals surface area contributed by atoms with Gasteiger partial charge in [-0.05, 0) is 70.9 Å². The molecule has 1 aliphatic heterocycles. The molecule has 0 bridgehead atoms. The minimum atomic E-state index is -4.24. The van der Waals surface area contributed by atoms with Gasteiger partial charge in [0.05, 0.1) is 17.4 Å². The second kappa shape index (κ2) is 9.73. The van der Waals surface area contributed by atoms with Gasteiger partial charge in [-0.3, -0.25) is 4.79 Å². The van der Waals surface area contributed by atoms with E-state index in [1.807, 2.05) is 24.8 Å². The highest BCUT2D eigenvalue weighted by Gasteiger charge is 2.36. The lowest BCUT2D eigenvalue weighted by atomic mass is 10.0. The van der Waals surface area contributed by atoms with Crippen LogP contribution in [0.3, 0.4) is 0 Å². The summed E-state index contributed by atoms with van der Waals surface area (Å²) in [5, 5.41) is -0.335. The molecule has 0 spiro atoms. The largest absolute Gasteiger partial charge is 0.475 e. The molecular formula is C25H30N6O4S. The van der Waals surface area contributed by atoms with Crippen molar-refractivity contribution >= 4 is 27.6 Å². The Hall–Kier alpha value is -3.73. The van der Waals surface area contributed by atoms with Gasteiger partial charge < -0.3 is 15.4 Å². The van der Waals surface area contributed by atoms with Crippen LogP contribution in [-0.2, 0) is 10.0 Å². The van der Waals surface area contributed by atoms with Crippen molar-refractivity contribution < 1.29 is 17.9 Å². The van der Waals surface area contributed by atoms with Crippen molar-refractivity contribution in [3.63, 3.8) is 0 Å². The molecule has 0 saturated carbocycles. The van der Waals surface area contributed by atoms with Crippen LogP contribution in [0.15, 0.2) is 53.7 Å². The van der Waals surface area contributed by atoms with Crippen LogP contribution >= 0.6 is 0 Å². The fourth-order valence-electron chi connectivity index (χ4n) is 4.14. The molecule has 0 atom stereocenters. The average Bonchev–Trinajstić information content (AvgIpc) is 3.17. The number of sulfonamides is 1. The van der Waals surface area contributed by atoms with Gasteiger partial charge in [-0.1, -0.05) is 6.07 Å². The molecule has 3 aromatic rings. The van der Waals surface area contributed by atoms with E-state index in [2.05, 4.69) is 28.5 Å². The minimum absolute atomic E-state index is 0.00192. The summed E-state index contributed by atoms with van der Waals surface area (Å²) in [5.74, 6) is 0.154. The normalized spacial score (nSPS) is 15.2. The predicted octanol–water partition coefficient (Wildman–Crippen LogP) is 3.41. The van der Waals surface area contributed by atoms with E-state index in [1.165, 1.54) is 18.2 Å². The van der Waals surface area contributed by atoms with Crippen LogP contribution in [0.25, 0.3) is 11.3 Å². The van der Waals surface area contributed by atoms with E-state index in [9.17, 15) is 13.2 Å². The highest BCUT2D eigenvalue weighted by Crippen LogP contribution is 2.36. The van der Waals surface area contributed by atoms with E-state index in [0.29, 0.717) is 23.9 Å². The quantitative estimate of drug-likeness (QED) is 0.489. The summed E-state index contributed by atoms with van der Waals surface area (Å²) in [4.78, 5) is 28.3. The highest BCUT2D eigenvalue weighted by molar-refractivity contribution is 7.90. The summed E-state index contributed by atoms with van der Waals surface area (Å²) < 4.78 is 33.4. The molecule has 36 heavy (non-hydrogen) atoms. The Morgan fingerprint density at radius 1 is 1.14 bits per heavy atom. The number of pyridine rings is 3. The Kier molecular flexibility index (Phi) is 6.85. The zero-order valence-electron chi connectivity index (χ0n) is 20.7. The summed E-state index contributed by atoms with van der Waals surface area (Å²) in [6.45, 7) is 8.68. The minimum Gasteiger partial charge on any atom is -0.475 e. The summed E-state index contributed by atoms with van der Waals surface area (Å²) in [6, 6.07) is 11.1. The number of rotatable bonds is 7. The first-order valence-corrected chi connectivity index (χ1v) is 13.2. The van der Waals surface area contributed by atoms with Crippen molar-refractivity contribution in [3.8, 4) is 17.1 Å². The van der Waals surface area contributed by atoms with Gasteiger partial charge >= 0.3 is 0 Å². The molecule has 0 radical (unpaired) electrons. The molecule has 4 heterocycles. The fourth-order valence-corrected chi connectivity index (χ4v) is 5.09. The first-order chi connectivity index (χ1) is 17.0. The Balaban J connectivity index is 1.71. The molecular weight excluding hydrogens is 480 g/mol. The maximum absolute atomic E-state index is 13.3. The number of aromatic nitrogens is 3. The molecule has 0 aliphatic carbocycles. The molecule has 1 saturated heterocycles.